The fourth-order valence-corrected chi connectivity index (χ4v) is 3.40. The van der Waals surface area contributed by atoms with Gasteiger partial charge < -0.3 is 10.1 Å². The highest BCUT2D eigenvalue weighted by atomic mass is 35.5. The summed E-state index contributed by atoms with van der Waals surface area (Å²) in [7, 11) is 0. The van der Waals surface area contributed by atoms with Crippen LogP contribution in [-0.2, 0) is 6.54 Å². The first-order valence-corrected chi connectivity index (χ1v) is 8.02. The van der Waals surface area contributed by atoms with Crippen LogP contribution in [0.15, 0.2) is 24.3 Å². The van der Waals surface area contributed by atoms with Crippen molar-refractivity contribution in [2.75, 3.05) is 39.3 Å². The molecule has 2 aliphatic heterocycles. The second-order valence-corrected chi connectivity index (χ2v) is 6.12. The number of rotatable bonds is 4. The third-order valence-electron chi connectivity index (χ3n) is 4.51. The van der Waals surface area contributed by atoms with Crippen LogP contribution in [0.3, 0.4) is 0 Å². The Kier molecular flexibility index (Phi) is 6.74. The van der Waals surface area contributed by atoms with Gasteiger partial charge in [0.1, 0.15) is 5.75 Å². The maximum atomic E-state index is 12.5. The second-order valence-electron chi connectivity index (χ2n) is 6.12. The van der Waals surface area contributed by atoms with E-state index in [0.717, 1.165) is 45.7 Å². The Balaban J connectivity index is 0.00000208. The average Bonchev–Trinajstić information content (AvgIpc) is 2.97. The lowest BCUT2D eigenvalue weighted by Crippen LogP contribution is -2.49. The van der Waals surface area contributed by atoms with E-state index in [4.69, 9.17) is 0 Å². The first-order valence-electron chi connectivity index (χ1n) is 8.02. The van der Waals surface area contributed by atoms with Gasteiger partial charge in [0, 0.05) is 57.4 Å². The Morgan fingerprint density at radius 1 is 1.12 bits per heavy atom. The van der Waals surface area contributed by atoms with Gasteiger partial charge in [-0.15, -0.1) is 25.6 Å². The van der Waals surface area contributed by atoms with E-state index in [1.807, 2.05) is 0 Å². The summed E-state index contributed by atoms with van der Waals surface area (Å²) in [5.41, 5.74) is 0.589. The monoisotopic (exact) mass is 365 g/mol. The molecule has 0 saturated carbocycles. The standard InChI is InChI=1S/C16H22F3N3O.ClH/c17-16(18,19)23-15-4-2-1-3-13(15)11-21-8-5-14(12-21)22-9-6-20-7-10-22;/h1-4,14,20H,5-12H2;1H. The van der Waals surface area contributed by atoms with E-state index in [1.165, 1.54) is 6.07 Å². The fraction of sp³-hybridized carbons (Fsp3) is 0.625. The topological polar surface area (TPSA) is 27.7 Å². The van der Waals surface area contributed by atoms with Crippen LogP contribution in [0.5, 0.6) is 5.75 Å². The smallest absolute Gasteiger partial charge is 0.405 e. The zero-order chi connectivity index (χ0) is 16.3. The minimum Gasteiger partial charge on any atom is -0.405 e. The number of halogens is 4. The van der Waals surface area contributed by atoms with Crippen molar-refractivity contribution in [2.24, 2.45) is 0 Å². The van der Waals surface area contributed by atoms with Gasteiger partial charge in [0.05, 0.1) is 0 Å². The number of hydrogen-bond acceptors (Lipinski definition) is 4. The second kappa shape index (κ2) is 8.38. The van der Waals surface area contributed by atoms with E-state index >= 15 is 0 Å². The van der Waals surface area contributed by atoms with Gasteiger partial charge in [0.2, 0.25) is 0 Å². The van der Waals surface area contributed by atoms with Crippen molar-refractivity contribution in [3.05, 3.63) is 29.8 Å². The van der Waals surface area contributed by atoms with E-state index in [0.29, 0.717) is 18.2 Å². The first-order chi connectivity index (χ1) is 11.0. The predicted molar refractivity (Wildman–Crippen MR) is 88.5 cm³/mol. The lowest BCUT2D eigenvalue weighted by Gasteiger charge is -2.32. The number of hydrogen-bond donors (Lipinski definition) is 1. The van der Waals surface area contributed by atoms with E-state index < -0.39 is 6.36 Å². The molecule has 0 spiro atoms. The Hall–Kier alpha value is -1.02. The summed E-state index contributed by atoms with van der Waals surface area (Å²) < 4.78 is 41.6. The van der Waals surface area contributed by atoms with Crippen LogP contribution in [0.4, 0.5) is 13.2 Å². The van der Waals surface area contributed by atoms with Crippen molar-refractivity contribution in [3.63, 3.8) is 0 Å². The minimum absolute atomic E-state index is 0. The molecule has 0 bridgehead atoms. The number of nitrogens with zero attached hydrogens (tertiary/aromatic N) is 2. The molecule has 2 saturated heterocycles. The van der Waals surface area contributed by atoms with Crippen molar-refractivity contribution >= 4 is 12.4 Å². The Labute approximate surface area is 146 Å². The molecule has 1 aromatic rings. The maximum absolute atomic E-state index is 12.5. The number of benzene rings is 1. The normalized spacial score (nSPS) is 23.0. The summed E-state index contributed by atoms with van der Waals surface area (Å²) in [6.45, 7) is 6.43. The Morgan fingerprint density at radius 3 is 2.54 bits per heavy atom. The van der Waals surface area contributed by atoms with Crippen LogP contribution in [-0.4, -0.2) is 61.5 Å². The molecule has 0 radical (unpaired) electrons. The zero-order valence-corrected chi connectivity index (χ0v) is 14.2. The van der Waals surface area contributed by atoms with Gasteiger partial charge in [-0.2, -0.15) is 0 Å². The molecule has 0 aromatic heterocycles. The summed E-state index contributed by atoms with van der Waals surface area (Å²) in [5, 5.41) is 3.34. The molecule has 8 heteroatoms. The summed E-state index contributed by atoms with van der Waals surface area (Å²) in [6, 6.07) is 6.92. The van der Waals surface area contributed by atoms with Gasteiger partial charge in [-0.05, 0) is 12.5 Å². The maximum Gasteiger partial charge on any atom is 0.573 e. The van der Waals surface area contributed by atoms with Crippen molar-refractivity contribution < 1.29 is 17.9 Å². The highest BCUT2D eigenvalue weighted by Crippen LogP contribution is 2.28. The number of piperazine rings is 1. The third-order valence-corrected chi connectivity index (χ3v) is 4.51. The molecule has 1 atom stereocenters. The van der Waals surface area contributed by atoms with Crippen molar-refractivity contribution in [1.82, 2.24) is 15.1 Å². The van der Waals surface area contributed by atoms with Gasteiger partial charge in [-0.3, -0.25) is 9.80 Å². The number of para-hydroxylation sites is 1. The van der Waals surface area contributed by atoms with Gasteiger partial charge in [0.25, 0.3) is 0 Å². The van der Waals surface area contributed by atoms with Crippen LogP contribution in [0.25, 0.3) is 0 Å². The van der Waals surface area contributed by atoms with Gasteiger partial charge in [-0.1, -0.05) is 18.2 Å². The zero-order valence-electron chi connectivity index (χ0n) is 13.4. The predicted octanol–water partition coefficient (Wildman–Crippen LogP) is 2.49. The molecule has 24 heavy (non-hydrogen) atoms. The summed E-state index contributed by atoms with van der Waals surface area (Å²) >= 11 is 0. The van der Waals surface area contributed by atoms with Crippen LogP contribution >= 0.6 is 12.4 Å². The Morgan fingerprint density at radius 2 is 1.83 bits per heavy atom. The highest BCUT2D eigenvalue weighted by Gasteiger charge is 2.33. The molecule has 2 heterocycles. The summed E-state index contributed by atoms with van der Waals surface area (Å²) in [5.74, 6) is -0.0920. The van der Waals surface area contributed by atoms with Crippen LogP contribution in [0, 0.1) is 0 Å². The fourth-order valence-electron chi connectivity index (χ4n) is 3.40. The lowest BCUT2D eigenvalue weighted by atomic mass is 10.2. The van der Waals surface area contributed by atoms with Crippen LogP contribution < -0.4 is 10.1 Å². The molecule has 0 aliphatic carbocycles. The van der Waals surface area contributed by atoms with E-state index in [9.17, 15) is 13.2 Å². The molecule has 1 unspecified atom stereocenters. The van der Waals surface area contributed by atoms with E-state index in [2.05, 4.69) is 19.9 Å². The molecule has 136 valence electrons. The molecule has 1 N–H and O–H groups in total. The van der Waals surface area contributed by atoms with Gasteiger partial charge in [-0.25, -0.2) is 0 Å². The SMILES string of the molecule is Cl.FC(F)(F)Oc1ccccc1CN1CCC(N2CCNCC2)C1. The molecule has 2 fully saturated rings. The van der Waals surface area contributed by atoms with Crippen LogP contribution in [0.2, 0.25) is 0 Å². The molecule has 4 nitrogen and oxygen atoms in total. The summed E-state index contributed by atoms with van der Waals surface area (Å²) in [4.78, 5) is 4.69. The number of alkyl halides is 3. The van der Waals surface area contributed by atoms with Crippen molar-refractivity contribution in [3.8, 4) is 5.75 Å². The number of likely N-dealkylation sites (tertiary alicyclic amines) is 1. The highest BCUT2D eigenvalue weighted by molar-refractivity contribution is 5.85. The first kappa shape index (κ1) is 19.3. The molecular formula is C16H23ClF3N3O. The average molecular weight is 366 g/mol. The van der Waals surface area contributed by atoms with Gasteiger partial charge >= 0.3 is 6.36 Å². The lowest BCUT2D eigenvalue weighted by molar-refractivity contribution is -0.275. The largest absolute Gasteiger partial charge is 0.573 e. The molecular weight excluding hydrogens is 343 g/mol. The molecule has 0 amide bonds. The minimum atomic E-state index is -4.65. The van der Waals surface area contributed by atoms with E-state index in [-0.39, 0.29) is 18.2 Å². The molecule has 2 aliphatic rings. The van der Waals surface area contributed by atoms with Gasteiger partial charge in [0.15, 0.2) is 0 Å². The number of nitrogens with one attached hydrogen (secondary N) is 1. The molecule has 1 aromatic carbocycles. The number of ether oxygens (including phenoxy) is 1. The van der Waals surface area contributed by atoms with Crippen molar-refractivity contribution in [1.29, 1.82) is 0 Å². The molecule has 3 rings (SSSR count). The van der Waals surface area contributed by atoms with Crippen LogP contribution in [0.1, 0.15) is 12.0 Å². The summed E-state index contributed by atoms with van der Waals surface area (Å²) in [6.07, 6.45) is -3.58. The van der Waals surface area contributed by atoms with E-state index in [1.54, 1.807) is 18.2 Å². The third kappa shape index (κ3) is 5.24. The van der Waals surface area contributed by atoms with Crippen molar-refractivity contribution in [2.45, 2.75) is 25.4 Å². The Bertz CT molecular complexity index is 524. The quantitative estimate of drug-likeness (QED) is 0.887.